The first kappa shape index (κ1) is 16.1. The van der Waals surface area contributed by atoms with Crippen molar-refractivity contribution in [2.24, 2.45) is 0 Å². The van der Waals surface area contributed by atoms with Crippen LogP contribution in [0.4, 0.5) is 0 Å². The van der Waals surface area contributed by atoms with Crippen LogP contribution in [0.15, 0.2) is 46.9 Å². The van der Waals surface area contributed by atoms with Crippen LogP contribution >= 0.6 is 15.9 Å². The standard InChI is InChI=1S/C17H14BrNO3/c1-21-15-7-6-11(9-16(15)22-2)14(10-19)17(20)12-4-3-5-13(18)8-12/h3-9,14H,1-2H3. The minimum absolute atomic E-state index is 0.254. The maximum Gasteiger partial charge on any atom is 0.184 e. The van der Waals surface area contributed by atoms with Crippen LogP contribution in [0.3, 0.4) is 0 Å². The topological polar surface area (TPSA) is 59.3 Å². The quantitative estimate of drug-likeness (QED) is 0.758. The third kappa shape index (κ3) is 3.29. The lowest BCUT2D eigenvalue weighted by atomic mass is 9.91. The first-order valence-corrected chi connectivity index (χ1v) is 7.31. The molecule has 0 fully saturated rings. The van der Waals surface area contributed by atoms with Gasteiger partial charge >= 0.3 is 0 Å². The van der Waals surface area contributed by atoms with Gasteiger partial charge in [0, 0.05) is 10.0 Å². The molecule has 0 aliphatic carbocycles. The second kappa shape index (κ2) is 7.10. The molecule has 0 heterocycles. The van der Waals surface area contributed by atoms with Crippen molar-refractivity contribution >= 4 is 21.7 Å². The fraction of sp³-hybridized carbons (Fsp3) is 0.176. The number of carbonyl (C=O) groups excluding carboxylic acids is 1. The highest BCUT2D eigenvalue weighted by atomic mass is 79.9. The Kier molecular flexibility index (Phi) is 5.18. The van der Waals surface area contributed by atoms with Gasteiger partial charge in [-0.1, -0.05) is 34.1 Å². The number of carbonyl (C=O) groups is 1. The second-order valence-corrected chi connectivity index (χ2v) is 5.47. The molecule has 0 saturated carbocycles. The van der Waals surface area contributed by atoms with E-state index in [9.17, 15) is 10.1 Å². The van der Waals surface area contributed by atoms with E-state index >= 15 is 0 Å². The molecule has 0 saturated heterocycles. The van der Waals surface area contributed by atoms with Crippen LogP contribution in [0.2, 0.25) is 0 Å². The molecule has 112 valence electrons. The summed E-state index contributed by atoms with van der Waals surface area (Å²) in [6.07, 6.45) is 0. The number of ketones is 1. The summed E-state index contributed by atoms with van der Waals surface area (Å²) >= 11 is 3.33. The van der Waals surface area contributed by atoms with Crippen molar-refractivity contribution < 1.29 is 14.3 Å². The number of benzene rings is 2. The number of ether oxygens (including phenoxy) is 2. The number of nitrogens with zero attached hydrogens (tertiary/aromatic N) is 1. The van der Waals surface area contributed by atoms with Crippen LogP contribution in [0.1, 0.15) is 21.8 Å². The summed E-state index contributed by atoms with van der Waals surface area (Å²) in [5.74, 6) is -0.106. The average molecular weight is 360 g/mol. The molecule has 1 unspecified atom stereocenters. The summed E-state index contributed by atoms with van der Waals surface area (Å²) in [5.41, 5.74) is 1.06. The van der Waals surface area contributed by atoms with Gasteiger partial charge < -0.3 is 9.47 Å². The van der Waals surface area contributed by atoms with E-state index in [1.807, 2.05) is 6.07 Å². The van der Waals surface area contributed by atoms with E-state index in [0.717, 1.165) is 4.47 Å². The Hall–Kier alpha value is -2.32. The van der Waals surface area contributed by atoms with Crippen molar-refractivity contribution in [3.05, 3.63) is 58.1 Å². The van der Waals surface area contributed by atoms with E-state index in [1.54, 1.807) is 36.4 Å². The van der Waals surface area contributed by atoms with Gasteiger partial charge in [0.05, 0.1) is 20.3 Å². The van der Waals surface area contributed by atoms with E-state index < -0.39 is 5.92 Å². The Bertz CT molecular complexity index is 737. The zero-order valence-electron chi connectivity index (χ0n) is 12.2. The summed E-state index contributed by atoms with van der Waals surface area (Å²) in [6, 6.07) is 14.1. The molecule has 4 nitrogen and oxygen atoms in total. The first-order chi connectivity index (χ1) is 10.6. The number of rotatable bonds is 5. The summed E-state index contributed by atoms with van der Waals surface area (Å²) < 4.78 is 11.2. The lowest BCUT2D eigenvalue weighted by Gasteiger charge is -2.13. The predicted molar refractivity (Wildman–Crippen MR) is 86.4 cm³/mol. The highest BCUT2D eigenvalue weighted by Crippen LogP contribution is 2.32. The highest BCUT2D eigenvalue weighted by Gasteiger charge is 2.23. The third-order valence-electron chi connectivity index (χ3n) is 3.24. The molecule has 2 rings (SSSR count). The highest BCUT2D eigenvalue weighted by molar-refractivity contribution is 9.10. The molecule has 0 spiro atoms. The van der Waals surface area contributed by atoms with Gasteiger partial charge in [0.2, 0.25) is 0 Å². The normalized spacial score (nSPS) is 11.4. The van der Waals surface area contributed by atoms with Crippen molar-refractivity contribution in [2.75, 3.05) is 14.2 Å². The SMILES string of the molecule is COc1ccc(C(C#N)C(=O)c2cccc(Br)c2)cc1OC. The zero-order valence-corrected chi connectivity index (χ0v) is 13.8. The Labute approximate surface area is 137 Å². The fourth-order valence-corrected chi connectivity index (χ4v) is 2.52. The molecule has 1 atom stereocenters. The van der Waals surface area contributed by atoms with Crippen molar-refractivity contribution in [2.45, 2.75) is 5.92 Å². The molecule has 2 aromatic rings. The first-order valence-electron chi connectivity index (χ1n) is 6.52. The maximum atomic E-state index is 12.6. The van der Waals surface area contributed by atoms with Gasteiger partial charge in [-0.25, -0.2) is 0 Å². The van der Waals surface area contributed by atoms with Crippen molar-refractivity contribution in [3.63, 3.8) is 0 Å². The van der Waals surface area contributed by atoms with Crippen molar-refractivity contribution in [1.29, 1.82) is 5.26 Å². The minimum Gasteiger partial charge on any atom is -0.493 e. The van der Waals surface area contributed by atoms with Gasteiger partial charge in [0.25, 0.3) is 0 Å². The average Bonchev–Trinajstić information content (AvgIpc) is 2.55. The molecule has 0 bridgehead atoms. The third-order valence-corrected chi connectivity index (χ3v) is 3.73. The number of hydrogen-bond donors (Lipinski definition) is 0. The molecule has 5 heteroatoms. The molecule has 0 aromatic heterocycles. The number of Topliss-reactive ketones (excluding diaryl/α,β-unsaturated/α-hetero) is 1. The van der Waals surface area contributed by atoms with Gasteiger partial charge in [0.1, 0.15) is 5.92 Å². The Morgan fingerprint density at radius 3 is 2.45 bits per heavy atom. The predicted octanol–water partition coefficient (Wildman–Crippen LogP) is 3.96. The zero-order chi connectivity index (χ0) is 16.1. The second-order valence-electron chi connectivity index (χ2n) is 4.55. The Balaban J connectivity index is 2.40. The lowest BCUT2D eigenvalue weighted by molar-refractivity contribution is 0.0978. The van der Waals surface area contributed by atoms with E-state index in [0.29, 0.717) is 22.6 Å². The molecule has 22 heavy (non-hydrogen) atoms. The molecule has 0 amide bonds. The fourth-order valence-electron chi connectivity index (χ4n) is 2.13. The number of nitriles is 1. The molecule has 2 aromatic carbocycles. The minimum atomic E-state index is -0.894. The van der Waals surface area contributed by atoms with E-state index in [2.05, 4.69) is 22.0 Å². The molecular weight excluding hydrogens is 346 g/mol. The van der Waals surface area contributed by atoms with Crippen LogP contribution in [-0.4, -0.2) is 20.0 Å². The summed E-state index contributed by atoms with van der Waals surface area (Å²) in [7, 11) is 3.05. The largest absolute Gasteiger partial charge is 0.493 e. The van der Waals surface area contributed by atoms with Gasteiger partial charge in [-0.05, 0) is 29.8 Å². The van der Waals surface area contributed by atoms with Gasteiger partial charge in [-0.2, -0.15) is 5.26 Å². The number of halogens is 1. The molecule has 0 radical (unpaired) electrons. The smallest absolute Gasteiger partial charge is 0.184 e. The maximum absolute atomic E-state index is 12.6. The van der Waals surface area contributed by atoms with Crippen LogP contribution in [0.5, 0.6) is 11.5 Å². The van der Waals surface area contributed by atoms with Crippen molar-refractivity contribution in [1.82, 2.24) is 0 Å². The van der Waals surface area contributed by atoms with Crippen molar-refractivity contribution in [3.8, 4) is 17.6 Å². The summed E-state index contributed by atoms with van der Waals surface area (Å²) in [6.45, 7) is 0. The molecule has 0 N–H and O–H groups in total. The van der Waals surface area contributed by atoms with Crippen LogP contribution < -0.4 is 9.47 Å². The monoisotopic (exact) mass is 359 g/mol. The summed E-state index contributed by atoms with van der Waals surface area (Å²) in [5, 5.41) is 9.42. The van der Waals surface area contributed by atoms with Gasteiger partial charge in [-0.15, -0.1) is 0 Å². The Morgan fingerprint density at radius 2 is 1.86 bits per heavy atom. The lowest BCUT2D eigenvalue weighted by Crippen LogP contribution is -2.11. The number of hydrogen-bond acceptors (Lipinski definition) is 4. The van der Waals surface area contributed by atoms with Crippen LogP contribution in [0.25, 0.3) is 0 Å². The van der Waals surface area contributed by atoms with Crippen LogP contribution in [-0.2, 0) is 0 Å². The Morgan fingerprint density at radius 1 is 1.14 bits per heavy atom. The number of methoxy groups -OCH3 is 2. The molecular formula is C17H14BrNO3. The molecule has 0 aliphatic heterocycles. The van der Waals surface area contributed by atoms with E-state index in [1.165, 1.54) is 14.2 Å². The summed E-state index contributed by atoms with van der Waals surface area (Å²) in [4.78, 5) is 12.6. The van der Waals surface area contributed by atoms with E-state index in [-0.39, 0.29) is 5.78 Å². The molecule has 0 aliphatic rings. The van der Waals surface area contributed by atoms with E-state index in [4.69, 9.17) is 9.47 Å². The van der Waals surface area contributed by atoms with Gasteiger partial charge in [-0.3, -0.25) is 4.79 Å². The van der Waals surface area contributed by atoms with Crippen LogP contribution in [0, 0.1) is 11.3 Å². The van der Waals surface area contributed by atoms with Gasteiger partial charge in [0.15, 0.2) is 17.3 Å².